The topological polar surface area (TPSA) is 23.6 Å². The summed E-state index contributed by atoms with van der Waals surface area (Å²) in [6.45, 7) is 7.37. The van der Waals surface area contributed by atoms with Gasteiger partial charge in [0.25, 0.3) is 5.91 Å². The van der Waals surface area contributed by atoms with Gasteiger partial charge < -0.3 is 9.80 Å². The molecule has 90 valence electrons. The Kier molecular flexibility index (Phi) is 5.23. The predicted octanol–water partition coefficient (Wildman–Crippen LogP) is 1.25. The van der Waals surface area contributed by atoms with E-state index in [0.29, 0.717) is 0 Å². The zero-order chi connectivity index (χ0) is 11.5. The van der Waals surface area contributed by atoms with Gasteiger partial charge in [-0.15, -0.1) is 12.1 Å². The number of nitrogens with zero attached hydrogens (tertiary/aromatic N) is 2. The Bertz CT molecular complexity index is 370. The first-order chi connectivity index (χ1) is 7.66. The van der Waals surface area contributed by atoms with Crippen LogP contribution in [0.15, 0.2) is 24.3 Å². The second-order valence-corrected chi connectivity index (χ2v) is 4.29. The fourth-order valence-corrected chi connectivity index (χ4v) is 1.84. The molecule has 0 atom stereocenters. The van der Waals surface area contributed by atoms with Crippen molar-refractivity contribution in [3.8, 4) is 0 Å². The first-order valence-corrected chi connectivity index (χ1v) is 5.56. The Labute approximate surface area is 117 Å². The van der Waals surface area contributed by atoms with Crippen molar-refractivity contribution < 1.29 is 25.9 Å². The summed E-state index contributed by atoms with van der Waals surface area (Å²) in [6, 6.07) is 7.46. The minimum atomic E-state index is 0. The summed E-state index contributed by atoms with van der Waals surface area (Å²) in [4.78, 5) is 16.3. The molecule has 1 aliphatic heterocycles. The SMILES string of the molecule is [CH2-]c1ccc(C(=O)N2CCN(C)CC2)cc1.[W+2]. The number of rotatable bonds is 1. The average Bonchev–Trinajstić information content (AvgIpc) is 2.30. The summed E-state index contributed by atoms with van der Waals surface area (Å²) >= 11 is 0. The number of benzene rings is 1. The van der Waals surface area contributed by atoms with Crippen molar-refractivity contribution in [2.75, 3.05) is 33.2 Å². The van der Waals surface area contributed by atoms with Crippen LogP contribution in [0.2, 0.25) is 0 Å². The fraction of sp³-hybridized carbons (Fsp3) is 0.385. The van der Waals surface area contributed by atoms with Crippen LogP contribution in [0.25, 0.3) is 0 Å². The molecule has 0 N–H and O–H groups in total. The average molecular weight is 401 g/mol. The minimum Gasteiger partial charge on any atom is -0.336 e. The van der Waals surface area contributed by atoms with Crippen LogP contribution < -0.4 is 0 Å². The number of carbonyl (C=O) groups is 1. The van der Waals surface area contributed by atoms with Crippen molar-refractivity contribution >= 4 is 5.91 Å². The molecule has 1 amide bonds. The smallest absolute Gasteiger partial charge is 0.336 e. The van der Waals surface area contributed by atoms with Crippen molar-refractivity contribution in [1.82, 2.24) is 9.80 Å². The van der Waals surface area contributed by atoms with E-state index in [2.05, 4.69) is 18.9 Å². The molecule has 2 rings (SSSR count). The molecule has 3 nitrogen and oxygen atoms in total. The van der Waals surface area contributed by atoms with E-state index >= 15 is 0 Å². The van der Waals surface area contributed by atoms with Gasteiger partial charge in [-0.2, -0.15) is 24.6 Å². The summed E-state index contributed by atoms with van der Waals surface area (Å²) < 4.78 is 0. The van der Waals surface area contributed by atoms with E-state index in [4.69, 9.17) is 0 Å². The molecule has 1 aliphatic rings. The molecule has 0 bridgehead atoms. The molecular formula is C13H17N2OW+. The van der Waals surface area contributed by atoms with Crippen LogP contribution in [0.4, 0.5) is 0 Å². The number of likely N-dealkylation sites (N-methyl/N-ethyl adjacent to an activating group) is 1. The maximum Gasteiger partial charge on any atom is 2.00 e. The van der Waals surface area contributed by atoms with Gasteiger partial charge in [0, 0.05) is 31.7 Å². The Morgan fingerprint density at radius 1 is 1.12 bits per heavy atom. The molecule has 0 saturated carbocycles. The van der Waals surface area contributed by atoms with E-state index in [1.54, 1.807) is 0 Å². The molecule has 0 aliphatic carbocycles. The van der Waals surface area contributed by atoms with Gasteiger partial charge in [-0.3, -0.25) is 4.79 Å². The number of amides is 1. The van der Waals surface area contributed by atoms with Crippen molar-refractivity contribution in [2.24, 2.45) is 0 Å². The number of hydrogen-bond acceptors (Lipinski definition) is 2. The second kappa shape index (κ2) is 6.22. The van der Waals surface area contributed by atoms with Crippen LogP contribution in [0, 0.1) is 6.92 Å². The third kappa shape index (κ3) is 3.58. The van der Waals surface area contributed by atoms with Gasteiger partial charge >= 0.3 is 21.1 Å². The molecule has 1 aromatic carbocycles. The van der Waals surface area contributed by atoms with Gasteiger partial charge in [-0.25, -0.2) is 0 Å². The fourth-order valence-electron chi connectivity index (χ4n) is 1.84. The summed E-state index contributed by atoms with van der Waals surface area (Å²) in [5.74, 6) is 0.133. The van der Waals surface area contributed by atoms with E-state index in [1.165, 1.54) is 0 Å². The Balaban J connectivity index is 0.00000144. The van der Waals surface area contributed by atoms with Crippen LogP contribution in [0.5, 0.6) is 0 Å². The molecule has 1 saturated heterocycles. The first kappa shape index (κ1) is 14.3. The summed E-state index contributed by atoms with van der Waals surface area (Å²) in [7, 11) is 2.08. The zero-order valence-electron chi connectivity index (χ0n) is 10.1. The van der Waals surface area contributed by atoms with Crippen molar-refractivity contribution in [2.45, 2.75) is 0 Å². The van der Waals surface area contributed by atoms with Crippen molar-refractivity contribution in [3.63, 3.8) is 0 Å². The Morgan fingerprint density at radius 2 is 1.65 bits per heavy atom. The maximum atomic E-state index is 12.1. The van der Waals surface area contributed by atoms with Gasteiger partial charge in [-0.1, -0.05) is 0 Å². The number of piperazine rings is 1. The summed E-state index contributed by atoms with van der Waals surface area (Å²) in [5.41, 5.74) is 1.70. The largest absolute Gasteiger partial charge is 2.00 e. The third-order valence-electron chi connectivity index (χ3n) is 2.99. The van der Waals surface area contributed by atoms with E-state index in [-0.39, 0.29) is 27.0 Å². The molecule has 0 aromatic heterocycles. The van der Waals surface area contributed by atoms with E-state index in [1.807, 2.05) is 29.2 Å². The second-order valence-electron chi connectivity index (χ2n) is 4.29. The molecule has 1 aromatic rings. The standard InChI is InChI=1S/C13H17N2O.W/c1-11-3-5-12(6-4-11)13(16)15-9-7-14(2)8-10-15;/h3-6H,1,7-10H2,2H3;/q-1;+2. The maximum absolute atomic E-state index is 12.1. The molecule has 1 heterocycles. The molecule has 0 spiro atoms. The molecule has 1 fully saturated rings. The van der Waals surface area contributed by atoms with Crippen molar-refractivity contribution in [1.29, 1.82) is 0 Å². The van der Waals surface area contributed by atoms with Crippen LogP contribution in [-0.4, -0.2) is 48.9 Å². The number of hydrogen-bond donors (Lipinski definition) is 0. The van der Waals surface area contributed by atoms with Crippen LogP contribution in [-0.2, 0) is 21.1 Å². The van der Waals surface area contributed by atoms with E-state index in [9.17, 15) is 4.79 Å². The summed E-state index contributed by atoms with van der Waals surface area (Å²) in [5, 5.41) is 0. The van der Waals surface area contributed by atoms with Gasteiger partial charge in [-0.05, 0) is 7.05 Å². The molecule has 4 heteroatoms. The van der Waals surface area contributed by atoms with Gasteiger partial charge in [0.2, 0.25) is 0 Å². The molecule has 17 heavy (non-hydrogen) atoms. The number of carbonyl (C=O) groups excluding carboxylic acids is 1. The monoisotopic (exact) mass is 401 g/mol. The molecule has 0 radical (unpaired) electrons. The Morgan fingerprint density at radius 3 is 2.18 bits per heavy atom. The predicted molar refractivity (Wildman–Crippen MR) is 64.3 cm³/mol. The van der Waals surface area contributed by atoms with Gasteiger partial charge in [0.15, 0.2) is 0 Å². The molecule has 0 unspecified atom stereocenters. The first-order valence-electron chi connectivity index (χ1n) is 5.56. The van der Waals surface area contributed by atoms with Crippen LogP contribution >= 0.6 is 0 Å². The zero-order valence-corrected chi connectivity index (χ0v) is 13.0. The normalized spacial score (nSPS) is 16.4. The van der Waals surface area contributed by atoms with Crippen LogP contribution in [0.1, 0.15) is 15.9 Å². The van der Waals surface area contributed by atoms with E-state index in [0.717, 1.165) is 37.3 Å². The minimum absolute atomic E-state index is 0. The molecular weight excluding hydrogens is 384 g/mol. The quantitative estimate of drug-likeness (QED) is 0.662. The van der Waals surface area contributed by atoms with Crippen LogP contribution in [0.3, 0.4) is 0 Å². The third-order valence-corrected chi connectivity index (χ3v) is 2.99. The van der Waals surface area contributed by atoms with Gasteiger partial charge in [0.05, 0.1) is 0 Å². The van der Waals surface area contributed by atoms with Gasteiger partial charge in [0.1, 0.15) is 0 Å². The van der Waals surface area contributed by atoms with E-state index < -0.39 is 0 Å². The van der Waals surface area contributed by atoms with Crippen molar-refractivity contribution in [3.05, 3.63) is 42.3 Å². The Hall–Kier alpha value is -0.792. The summed E-state index contributed by atoms with van der Waals surface area (Å²) in [6.07, 6.45) is 0.